The Morgan fingerprint density at radius 3 is 2.75 bits per heavy atom. The average molecular weight is 284 g/mol. The van der Waals surface area contributed by atoms with Gasteiger partial charge in [0.1, 0.15) is 0 Å². The van der Waals surface area contributed by atoms with Crippen LogP contribution in [0.15, 0.2) is 0 Å². The highest BCUT2D eigenvalue weighted by Gasteiger charge is 2.48. The summed E-state index contributed by atoms with van der Waals surface area (Å²) in [4.78, 5) is 23.5. The summed E-state index contributed by atoms with van der Waals surface area (Å²) in [7, 11) is 0. The fourth-order valence-corrected chi connectivity index (χ4v) is 3.84. The van der Waals surface area contributed by atoms with Crippen molar-refractivity contribution in [2.24, 2.45) is 23.7 Å². The van der Waals surface area contributed by atoms with Crippen molar-refractivity contribution in [1.82, 2.24) is 0 Å². The van der Waals surface area contributed by atoms with Gasteiger partial charge in [-0.15, -0.1) is 0 Å². The number of esters is 1. The molecule has 1 aliphatic carbocycles. The predicted molar refractivity (Wildman–Crippen MR) is 70.2 cm³/mol. The monoisotopic (exact) mass is 284 g/mol. The first-order valence-corrected chi connectivity index (χ1v) is 7.65. The molecule has 5 heteroatoms. The minimum atomic E-state index is -0.817. The smallest absolute Gasteiger partial charge is 0.311 e. The molecule has 2 aliphatic heterocycles. The van der Waals surface area contributed by atoms with Crippen molar-refractivity contribution in [3.05, 3.63) is 0 Å². The van der Waals surface area contributed by atoms with Gasteiger partial charge in [0.2, 0.25) is 5.79 Å². The quantitative estimate of drug-likeness (QED) is 0.505. The first kappa shape index (κ1) is 14.3. The molecule has 6 atom stereocenters. The molecule has 0 N–H and O–H groups in total. The highest BCUT2D eigenvalue weighted by Crippen LogP contribution is 2.45. The number of fused-ring (bicyclic) bond motifs is 2. The fraction of sp³-hybridized carbons (Fsp3) is 0.933. The number of cyclic esters (lactones) is 1. The number of rotatable bonds is 0. The zero-order valence-electron chi connectivity index (χ0n) is 12.5. The Morgan fingerprint density at radius 1 is 1.15 bits per heavy atom. The van der Waals surface area contributed by atoms with Crippen molar-refractivity contribution < 1.29 is 24.0 Å². The van der Waals surface area contributed by atoms with Crippen molar-refractivity contribution in [2.75, 3.05) is 6.79 Å². The molecular weight excluding hydrogens is 260 g/mol. The summed E-state index contributed by atoms with van der Waals surface area (Å²) in [6.07, 6.45) is 3.84. The van der Waals surface area contributed by atoms with Crippen LogP contribution in [-0.2, 0) is 24.0 Å². The van der Waals surface area contributed by atoms with Crippen LogP contribution in [0.3, 0.4) is 0 Å². The van der Waals surface area contributed by atoms with Gasteiger partial charge in [-0.1, -0.05) is 13.8 Å². The Morgan fingerprint density at radius 2 is 1.95 bits per heavy atom. The molecule has 0 amide bonds. The molecule has 0 aromatic carbocycles. The van der Waals surface area contributed by atoms with E-state index in [1.807, 2.05) is 13.8 Å². The van der Waals surface area contributed by atoms with Gasteiger partial charge in [-0.3, -0.25) is 4.79 Å². The van der Waals surface area contributed by atoms with Crippen molar-refractivity contribution in [1.29, 1.82) is 0 Å². The summed E-state index contributed by atoms with van der Waals surface area (Å²) in [5.74, 6) is -0.00166. The first-order valence-electron chi connectivity index (χ1n) is 7.65. The lowest BCUT2D eigenvalue weighted by molar-refractivity contribution is -0.452. The molecule has 0 radical (unpaired) electrons. The van der Waals surface area contributed by atoms with Gasteiger partial charge < -0.3 is 9.47 Å². The van der Waals surface area contributed by atoms with Crippen LogP contribution < -0.4 is 0 Å². The van der Waals surface area contributed by atoms with E-state index in [1.54, 1.807) is 0 Å². The van der Waals surface area contributed by atoms with Crippen LogP contribution in [-0.4, -0.2) is 24.7 Å². The van der Waals surface area contributed by atoms with Crippen molar-refractivity contribution in [3.8, 4) is 0 Å². The number of carbonyl (C=O) groups is 1. The van der Waals surface area contributed by atoms with Crippen LogP contribution >= 0.6 is 0 Å². The lowest BCUT2D eigenvalue weighted by atomic mass is 9.67. The van der Waals surface area contributed by atoms with E-state index < -0.39 is 5.79 Å². The third kappa shape index (κ3) is 2.47. The topological polar surface area (TPSA) is 54.0 Å². The molecular formula is C15H24O5. The van der Waals surface area contributed by atoms with E-state index in [9.17, 15) is 4.79 Å². The molecule has 114 valence electrons. The molecule has 2 saturated heterocycles. The van der Waals surface area contributed by atoms with Gasteiger partial charge in [-0.25, -0.2) is 9.78 Å². The van der Waals surface area contributed by atoms with E-state index in [0.29, 0.717) is 11.8 Å². The van der Waals surface area contributed by atoms with Crippen molar-refractivity contribution in [2.45, 2.75) is 58.3 Å². The van der Waals surface area contributed by atoms with Crippen LogP contribution in [0.1, 0.15) is 46.5 Å². The van der Waals surface area contributed by atoms with Crippen molar-refractivity contribution in [3.63, 3.8) is 0 Å². The van der Waals surface area contributed by atoms with Gasteiger partial charge in [0.25, 0.3) is 0 Å². The second-order valence-electron chi connectivity index (χ2n) is 6.71. The van der Waals surface area contributed by atoms with E-state index in [1.165, 1.54) is 0 Å². The van der Waals surface area contributed by atoms with Gasteiger partial charge in [0, 0.05) is 12.3 Å². The number of ether oxygens (including phenoxy) is 2. The molecule has 5 nitrogen and oxygen atoms in total. The molecule has 0 aromatic rings. The normalized spacial score (nSPS) is 49.4. The van der Waals surface area contributed by atoms with Gasteiger partial charge in [0.05, 0.1) is 12.0 Å². The van der Waals surface area contributed by atoms with E-state index in [0.717, 1.165) is 25.7 Å². The Balaban J connectivity index is 1.92. The van der Waals surface area contributed by atoms with Crippen molar-refractivity contribution >= 4 is 5.97 Å². The minimum absolute atomic E-state index is 0.0372. The second kappa shape index (κ2) is 5.28. The highest BCUT2D eigenvalue weighted by molar-refractivity contribution is 5.72. The van der Waals surface area contributed by atoms with E-state index in [4.69, 9.17) is 19.2 Å². The van der Waals surface area contributed by atoms with Gasteiger partial charge >= 0.3 is 5.97 Å². The molecule has 2 bridgehead atoms. The SMILES string of the molecule is C[C@@H]1CC[C@@H]2[C@@H]3OO[C@@](C)(CC[C@H]31)OCOC(=O)[C@@H]2C. The molecule has 2 heterocycles. The fourth-order valence-electron chi connectivity index (χ4n) is 3.84. The van der Waals surface area contributed by atoms with E-state index in [2.05, 4.69) is 6.92 Å². The molecule has 3 fully saturated rings. The van der Waals surface area contributed by atoms with Crippen LogP contribution in [0.25, 0.3) is 0 Å². The maximum Gasteiger partial charge on any atom is 0.311 e. The lowest BCUT2D eigenvalue weighted by Gasteiger charge is -2.41. The predicted octanol–water partition coefficient (Wildman–Crippen LogP) is 2.64. The first-order chi connectivity index (χ1) is 9.50. The third-order valence-electron chi connectivity index (χ3n) is 5.38. The molecule has 1 saturated carbocycles. The largest absolute Gasteiger partial charge is 0.438 e. The minimum Gasteiger partial charge on any atom is -0.438 e. The molecule has 0 aromatic heterocycles. The Labute approximate surface area is 119 Å². The second-order valence-corrected chi connectivity index (χ2v) is 6.71. The van der Waals surface area contributed by atoms with Gasteiger partial charge in [0.15, 0.2) is 6.79 Å². The number of hydrogen-bond donors (Lipinski definition) is 0. The van der Waals surface area contributed by atoms with Gasteiger partial charge in [-0.05, 0) is 38.0 Å². The van der Waals surface area contributed by atoms with E-state index >= 15 is 0 Å². The number of hydrogen-bond acceptors (Lipinski definition) is 5. The Kier molecular flexibility index (Phi) is 3.77. The lowest BCUT2D eigenvalue weighted by Crippen LogP contribution is -2.45. The standard InChI is InChI=1S/C15H24O5/c1-9-4-5-12-10(2)14(16)17-8-18-15(3)7-6-11(9)13(12)19-20-15/h9-13H,4-8H2,1-3H3/t9-,10-,11+,12+,13-,15+/m1/s1. The van der Waals surface area contributed by atoms with Crippen LogP contribution in [0, 0.1) is 23.7 Å². The molecule has 0 unspecified atom stereocenters. The number of carbonyl (C=O) groups excluding carboxylic acids is 1. The summed E-state index contributed by atoms with van der Waals surface area (Å²) in [5.41, 5.74) is 0. The Hall–Kier alpha value is -0.650. The summed E-state index contributed by atoms with van der Waals surface area (Å²) >= 11 is 0. The summed E-state index contributed by atoms with van der Waals surface area (Å²) in [6, 6.07) is 0. The maximum absolute atomic E-state index is 12.1. The average Bonchev–Trinajstić information content (AvgIpc) is 2.59. The van der Waals surface area contributed by atoms with Crippen LogP contribution in [0.4, 0.5) is 0 Å². The Bertz CT molecular complexity index is 384. The summed E-state index contributed by atoms with van der Waals surface area (Å²) in [5, 5.41) is 0. The molecule has 20 heavy (non-hydrogen) atoms. The van der Waals surface area contributed by atoms with E-state index in [-0.39, 0.29) is 30.7 Å². The molecule has 3 rings (SSSR count). The zero-order chi connectivity index (χ0) is 14.3. The van der Waals surface area contributed by atoms with Gasteiger partial charge in [-0.2, -0.15) is 0 Å². The van der Waals surface area contributed by atoms with Crippen LogP contribution in [0.2, 0.25) is 0 Å². The zero-order valence-corrected chi connectivity index (χ0v) is 12.5. The third-order valence-corrected chi connectivity index (χ3v) is 5.38. The highest BCUT2D eigenvalue weighted by atomic mass is 17.2. The summed E-state index contributed by atoms with van der Waals surface area (Å²) < 4.78 is 10.8. The summed E-state index contributed by atoms with van der Waals surface area (Å²) in [6.45, 7) is 5.97. The molecule has 3 aliphatic rings. The maximum atomic E-state index is 12.1. The van der Waals surface area contributed by atoms with Crippen LogP contribution in [0.5, 0.6) is 0 Å². The molecule has 0 spiro atoms.